The molecule has 0 rings (SSSR count). The highest BCUT2D eigenvalue weighted by molar-refractivity contribution is 4.76. The molecule has 0 spiro atoms. The molecular formula is C5H10O3. The summed E-state index contributed by atoms with van der Waals surface area (Å²) in [5, 5.41) is 17.1. The summed E-state index contributed by atoms with van der Waals surface area (Å²) in [6.45, 7) is 5.03. The highest BCUT2D eigenvalue weighted by atomic mass is 16.8. The molecular weight excluding hydrogens is 108 g/mol. The molecule has 3 nitrogen and oxygen atoms in total. The number of ether oxygens (including phenoxy) is 1. The molecule has 0 saturated carbocycles. The summed E-state index contributed by atoms with van der Waals surface area (Å²) in [7, 11) is 0. The van der Waals surface area contributed by atoms with Crippen molar-refractivity contribution < 1.29 is 14.9 Å². The van der Waals surface area contributed by atoms with Gasteiger partial charge < -0.3 is 14.9 Å². The highest BCUT2D eigenvalue weighted by Crippen LogP contribution is 2.00. The Kier molecular flexibility index (Phi) is 2.68. The van der Waals surface area contributed by atoms with E-state index in [1.165, 1.54) is 0 Å². The monoisotopic (exact) mass is 118 g/mol. The molecule has 0 saturated heterocycles. The first-order valence-corrected chi connectivity index (χ1v) is 2.34. The number of hydrogen-bond donors (Lipinski definition) is 2. The maximum absolute atomic E-state index is 8.54. The molecule has 0 heterocycles. The Bertz CT molecular complexity index is 77.7. The van der Waals surface area contributed by atoms with E-state index in [1.54, 1.807) is 6.92 Å². The van der Waals surface area contributed by atoms with Crippen molar-refractivity contribution in [1.82, 2.24) is 0 Å². The van der Waals surface area contributed by atoms with Crippen molar-refractivity contribution in [2.45, 2.75) is 12.9 Å². The van der Waals surface area contributed by atoms with Gasteiger partial charge in [-0.25, -0.2) is 0 Å². The largest absolute Gasteiger partial charge is 0.340 e. The second-order valence-corrected chi connectivity index (χ2v) is 1.30. The lowest BCUT2D eigenvalue weighted by atomic mass is 10.5. The van der Waals surface area contributed by atoms with Crippen LogP contribution in [0.15, 0.2) is 12.7 Å². The fourth-order valence-electron chi connectivity index (χ4n) is 0.271. The number of rotatable bonds is 3. The highest BCUT2D eigenvalue weighted by Gasteiger charge is 2.16. The van der Waals surface area contributed by atoms with Crippen molar-refractivity contribution >= 4 is 0 Å². The van der Waals surface area contributed by atoms with Gasteiger partial charge in [0.1, 0.15) is 0 Å². The van der Waals surface area contributed by atoms with Crippen molar-refractivity contribution in [3.05, 3.63) is 12.7 Å². The molecule has 0 radical (unpaired) electrons. The van der Waals surface area contributed by atoms with Gasteiger partial charge in [-0.3, -0.25) is 0 Å². The predicted molar refractivity (Wildman–Crippen MR) is 29.0 cm³/mol. The van der Waals surface area contributed by atoms with E-state index in [0.29, 0.717) is 0 Å². The second kappa shape index (κ2) is 2.81. The molecule has 0 atom stereocenters. The van der Waals surface area contributed by atoms with Crippen LogP contribution in [0.2, 0.25) is 0 Å². The van der Waals surface area contributed by atoms with Crippen LogP contribution in [-0.4, -0.2) is 22.8 Å². The zero-order chi connectivity index (χ0) is 6.62. The average Bonchev–Trinajstić information content (AvgIpc) is 1.67. The van der Waals surface area contributed by atoms with E-state index in [-0.39, 0.29) is 6.61 Å². The first-order valence-electron chi connectivity index (χ1n) is 2.34. The molecule has 8 heavy (non-hydrogen) atoms. The lowest BCUT2D eigenvalue weighted by Gasteiger charge is -2.14. The molecule has 0 fully saturated rings. The Balaban J connectivity index is 3.53. The van der Waals surface area contributed by atoms with Crippen molar-refractivity contribution in [3.63, 3.8) is 0 Å². The van der Waals surface area contributed by atoms with Crippen molar-refractivity contribution in [1.29, 1.82) is 0 Å². The molecule has 3 heteroatoms. The molecule has 2 N–H and O–H groups in total. The number of aliphatic hydroxyl groups is 2. The molecule has 0 bridgehead atoms. The van der Waals surface area contributed by atoms with Crippen LogP contribution < -0.4 is 0 Å². The van der Waals surface area contributed by atoms with E-state index < -0.39 is 5.97 Å². The summed E-state index contributed by atoms with van der Waals surface area (Å²) in [4.78, 5) is 0. The van der Waals surface area contributed by atoms with Crippen LogP contribution in [0.4, 0.5) is 0 Å². The van der Waals surface area contributed by atoms with E-state index in [0.717, 1.165) is 6.08 Å². The Morgan fingerprint density at radius 1 is 1.75 bits per heavy atom. The predicted octanol–water partition coefficient (Wildman–Crippen LogP) is -0.153. The van der Waals surface area contributed by atoms with Gasteiger partial charge in [0.25, 0.3) is 5.97 Å². The minimum atomic E-state index is -2.14. The Morgan fingerprint density at radius 3 is 2.38 bits per heavy atom. The molecule has 0 aromatic rings. The molecule has 0 aliphatic carbocycles. The summed E-state index contributed by atoms with van der Waals surface area (Å²) in [5.74, 6) is -2.14. The van der Waals surface area contributed by atoms with E-state index >= 15 is 0 Å². The van der Waals surface area contributed by atoms with Gasteiger partial charge in [0.15, 0.2) is 0 Å². The van der Waals surface area contributed by atoms with E-state index in [9.17, 15) is 0 Å². The minimum Gasteiger partial charge on any atom is -0.340 e. The van der Waals surface area contributed by atoms with E-state index in [4.69, 9.17) is 10.2 Å². The molecule has 0 aromatic carbocycles. The fourth-order valence-corrected chi connectivity index (χ4v) is 0.271. The summed E-state index contributed by atoms with van der Waals surface area (Å²) in [6, 6.07) is 0. The summed E-state index contributed by atoms with van der Waals surface area (Å²) in [6.07, 6.45) is 0.913. The smallest absolute Gasteiger partial charge is 0.299 e. The van der Waals surface area contributed by atoms with Crippen LogP contribution in [0.5, 0.6) is 0 Å². The topological polar surface area (TPSA) is 49.7 Å². The van der Waals surface area contributed by atoms with E-state index in [2.05, 4.69) is 11.3 Å². The first kappa shape index (κ1) is 7.62. The van der Waals surface area contributed by atoms with Gasteiger partial charge in [-0.15, -0.1) is 0 Å². The zero-order valence-corrected chi connectivity index (χ0v) is 4.79. The van der Waals surface area contributed by atoms with Crippen LogP contribution >= 0.6 is 0 Å². The average molecular weight is 118 g/mol. The van der Waals surface area contributed by atoms with Crippen molar-refractivity contribution in [3.8, 4) is 0 Å². The first-order chi connectivity index (χ1) is 3.62. The van der Waals surface area contributed by atoms with Gasteiger partial charge in [-0.05, 0) is 13.0 Å². The molecule has 0 aromatic heterocycles. The molecule has 0 aliphatic rings. The fraction of sp³-hybridized carbons (Fsp3) is 0.600. The third-order valence-corrected chi connectivity index (χ3v) is 0.623. The molecule has 48 valence electrons. The van der Waals surface area contributed by atoms with Gasteiger partial charge in [-0.1, -0.05) is 6.58 Å². The lowest BCUT2D eigenvalue weighted by Crippen LogP contribution is -2.28. The zero-order valence-electron chi connectivity index (χ0n) is 4.79. The molecule has 0 aliphatic heterocycles. The summed E-state index contributed by atoms with van der Waals surface area (Å²) < 4.78 is 4.37. The summed E-state index contributed by atoms with van der Waals surface area (Å²) >= 11 is 0. The normalized spacial score (nSPS) is 11.4. The Hall–Kier alpha value is -0.380. The quantitative estimate of drug-likeness (QED) is 0.400. The van der Waals surface area contributed by atoms with Crippen LogP contribution in [0.1, 0.15) is 6.92 Å². The van der Waals surface area contributed by atoms with Gasteiger partial charge in [0, 0.05) is 6.61 Å². The van der Waals surface area contributed by atoms with Gasteiger partial charge in [0.05, 0.1) is 0 Å². The number of hydrogen-bond acceptors (Lipinski definition) is 3. The van der Waals surface area contributed by atoms with Crippen molar-refractivity contribution in [2.75, 3.05) is 6.61 Å². The van der Waals surface area contributed by atoms with Gasteiger partial charge >= 0.3 is 0 Å². The second-order valence-electron chi connectivity index (χ2n) is 1.30. The summed E-state index contributed by atoms with van der Waals surface area (Å²) in [5.41, 5.74) is 0. The van der Waals surface area contributed by atoms with Gasteiger partial charge in [0.2, 0.25) is 0 Å². The lowest BCUT2D eigenvalue weighted by molar-refractivity contribution is -0.300. The molecule has 0 amide bonds. The van der Waals surface area contributed by atoms with Crippen LogP contribution in [0.25, 0.3) is 0 Å². The van der Waals surface area contributed by atoms with Crippen LogP contribution in [0, 0.1) is 0 Å². The van der Waals surface area contributed by atoms with Crippen molar-refractivity contribution in [2.24, 2.45) is 0 Å². The van der Waals surface area contributed by atoms with Gasteiger partial charge in [-0.2, -0.15) is 0 Å². The SMILES string of the molecule is C=CC(O)(O)OCC. The third-order valence-electron chi connectivity index (χ3n) is 0.623. The van der Waals surface area contributed by atoms with Crippen LogP contribution in [-0.2, 0) is 4.74 Å². The maximum atomic E-state index is 8.54. The molecule has 0 unspecified atom stereocenters. The van der Waals surface area contributed by atoms with E-state index in [1.807, 2.05) is 0 Å². The maximum Gasteiger partial charge on any atom is 0.299 e. The van der Waals surface area contributed by atoms with Crippen LogP contribution in [0.3, 0.4) is 0 Å². The Morgan fingerprint density at radius 2 is 2.25 bits per heavy atom. The standard InChI is InChI=1S/C5H10O3/c1-3-5(6,7)8-4-2/h3,6-7H,1,4H2,2H3. The minimum absolute atomic E-state index is 0.249. The third kappa shape index (κ3) is 2.74. The Labute approximate surface area is 48.2 Å².